The first kappa shape index (κ1) is 15.3. The zero-order valence-corrected chi connectivity index (χ0v) is 13.3. The molecule has 1 amide bonds. The molecular formula is C17H31N3O. The molecule has 4 nitrogen and oxygen atoms in total. The lowest BCUT2D eigenvalue weighted by Crippen LogP contribution is -2.40. The van der Waals surface area contributed by atoms with Crippen molar-refractivity contribution in [2.75, 3.05) is 32.7 Å². The molecule has 0 aromatic carbocycles. The third kappa shape index (κ3) is 3.42. The van der Waals surface area contributed by atoms with Crippen LogP contribution in [0, 0.1) is 11.8 Å². The van der Waals surface area contributed by atoms with Crippen LogP contribution in [0.15, 0.2) is 0 Å². The number of hydrogen-bond donors (Lipinski definition) is 1. The summed E-state index contributed by atoms with van der Waals surface area (Å²) in [5, 5.41) is 0. The molecule has 3 fully saturated rings. The van der Waals surface area contributed by atoms with E-state index in [1.54, 1.807) is 0 Å². The number of hydrogen-bond acceptors (Lipinski definition) is 3. The summed E-state index contributed by atoms with van der Waals surface area (Å²) >= 11 is 0. The first-order valence-electron chi connectivity index (χ1n) is 9.02. The van der Waals surface area contributed by atoms with Gasteiger partial charge < -0.3 is 15.5 Å². The quantitative estimate of drug-likeness (QED) is 0.864. The van der Waals surface area contributed by atoms with Crippen molar-refractivity contribution < 1.29 is 4.79 Å². The fraction of sp³-hybridized carbons (Fsp3) is 0.941. The van der Waals surface area contributed by atoms with Crippen LogP contribution in [0.1, 0.15) is 51.4 Å². The molecule has 1 unspecified atom stereocenters. The molecule has 21 heavy (non-hydrogen) atoms. The lowest BCUT2D eigenvalue weighted by atomic mass is 9.94. The summed E-state index contributed by atoms with van der Waals surface area (Å²) in [5.41, 5.74) is 5.85. The SMILES string of the molecule is NC[C@H]1CCC[C@H]1C(=O)N1CCCC(N2CCCC2)CC1. The Kier molecular flexibility index (Phi) is 5.17. The highest BCUT2D eigenvalue weighted by molar-refractivity contribution is 5.79. The number of carbonyl (C=O) groups is 1. The van der Waals surface area contributed by atoms with Crippen LogP contribution >= 0.6 is 0 Å². The highest BCUT2D eigenvalue weighted by Gasteiger charge is 2.35. The van der Waals surface area contributed by atoms with Gasteiger partial charge in [-0.05, 0) is 70.5 Å². The van der Waals surface area contributed by atoms with Gasteiger partial charge in [0, 0.05) is 25.0 Å². The van der Waals surface area contributed by atoms with Gasteiger partial charge >= 0.3 is 0 Å². The van der Waals surface area contributed by atoms with Gasteiger partial charge in [0.25, 0.3) is 0 Å². The maximum atomic E-state index is 12.8. The van der Waals surface area contributed by atoms with Crippen LogP contribution in [-0.4, -0.2) is 54.5 Å². The molecule has 0 aromatic heterocycles. The van der Waals surface area contributed by atoms with Crippen LogP contribution in [0.3, 0.4) is 0 Å². The summed E-state index contributed by atoms with van der Waals surface area (Å²) in [6, 6.07) is 0.721. The lowest BCUT2D eigenvalue weighted by Gasteiger charge is -2.28. The summed E-state index contributed by atoms with van der Waals surface area (Å²) in [6.07, 6.45) is 9.73. The second-order valence-corrected chi connectivity index (χ2v) is 7.19. The van der Waals surface area contributed by atoms with Gasteiger partial charge in [-0.25, -0.2) is 0 Å². The number of nitrogens with zero attached hydrogens (tertiary/aromatic N) is 2. The van der Waals surface area contributed by atoms with Crippen LogP contribution in [0.25, 0.3) is 0 Å². The Hall–Kier alpha value is -0.610. The van der Waals surface area contributed by atoms with E-state index >= 15 is 0 Å². The summed E-state index contributed by atoms with van der Waals surface area (Å²) in [7, 11) is 0. The van der Waals surface area contributed by atoms with E-state index in [4.69, 9.17) is 5.73 Å². The Bertz CT molecular complexity index is 354. The highest BCUT2D eigenvalue weighted by Crippen LogP contribution is 2.33. The Balaban J connectivity index is 1.55. The fourth-order valence-corrected chi connectivity index (χ4v) is 4.65. The smallest absolute Gasteiger partial charge is 0.226 e. The van der Waals surface area contributed by atoms with E-state index in [9.17, 15) is 4.79 Å². The van der Waals surface area contributed by atoms with E-state index in [0.717, 1.165) is 32.0 Å². The Morgan fingerprint density at radius 3 is 2.48 bits per heavy atom. The van der Waals surface area contributed by atoms with Gasteiger partial charge in [-0.2, -0.15) is 0 Å². The number of carbonyl (C=O) groups excluding carboxylic acids is 1. The zero-order valence-electron chi connectivity index (χ0n) is 13.3. The van der Waals surface area contributed by atoms with Crippen molar-refractivity contribution >= 4 is 5.91 Å². The fourth-order valence-electron chi connectivity index (χ4n) is 4.65. The molecule has 0 aromatic rings. The Morgan fingerprint density at radius 2 is 1.71 bits per heavy atom. The van der Waals surface area contributed by atoms with Crippen molar-refractivity contribution in [1.82, 2.24) is 9.80 Å². The molecule has 0 radical (unpaired) electrons. The molecule has 3 rings (SSSR count). The van der Waals surface area contributed by atoms with Crippen molar-refractivity contribution in [3.8, 4) is 0 Å². The average Bonchev–Trinajstić information content (AvgIpc) is 3.14. The van der Waals surface area contributed by atoms with Crippen molar-refractivity contribution in [3.05, 3.63) is 0 Å². The maximum absolute atomic E-state index is 12.8. The minimum absolute atomic E-state index is 0.221. The molecule has 120 valence electrons. The molecule has 2 heterocycles. The standard InChI is InChI=1S/C17H31N3O/c18-13-14-5-3-7-16(14)17(21)20-11-4-6-15(8-12-20)19-9-1-2-10-19/h14-16H,1-13,18H2/t14-,15?,16-/m1/s1. The maximum Gasteiger partial charge on any atom is 0.226 e. The van der Waals surface area contributed by atoms with Gasteiger partial charge in [0.2, 0.25) is 5.91 Å². The van der Waals surface area contributed by atoms with E-state index in [1.807, 2.05) is 0 Å². The number of amides is 1. The molecule has 1 aliphatic carbocycles. The molecule has 0 spiro atoms. The summed E-state index contributed by atoms with van der Waals surface area (Å²) < 4.78 is 0. The third-order valence-electron chi connectivity index (χ3n) is 5.95. The molecule has 2 N–H and O–H groups in total. The molecular weight excluding hydrogens is 262 g/mol. The first-order chi connectivity index (χ1) is 10.3. The van der Waals surface area contributed by atoms with Crippen LogP contribution in [0.5, 0.6) is 0 Å². The van der Waals surface area contributed by atoms with E-state index in [-0.39, 0.29) is 5.92 Å². The van der Waals surface area contributed by atoms with Crippen molar-refractivity contribution in [1.29, 1.82) is 0 Å². The van der Waals surface area contributed by atoms with Gasteiger partial charge in [0.15, 0.2) is 0 Å². The van der Waals surface area contributed by atoms with E-state index < -0.39 is 0 Å². The second-order valence-electron chi connectivity index (χ2n) is 7.19. The summed E-state index contributed by atoms with van der Waals surface area (Å²) in [5.74, 6) is 1.07. The molecule has 4 heteroatoms. The van der Waals surface area contributed by atoms with Crippen LogP contribution in [0.2, 0.25) is 0 Å². The van der Waals surface area contributed by atoms with Crippen molar-refractivity contribution in [3.63, 3.8) is 0 Å². The van der Waals surface area contributed by atoms with Crippen molar-refractivity contribution in [2.24, 2.45) is 17.6 Å². The molecule has 1 saturated carbocycles. The lowest BCUT2D eigenvalue weighted by molar-refractivity contribution is -0.136. The van der Waals surface area contributed by atoms with Gasteiger partial charge in [-0.15, -0.1) is 0 Å². The summed E-state index contributed by atoms with van der Waals surface area (Å²) in [6.45, 7) is 5.17. The summed E-state index contributed by atoms with van der Waals surface area (Å²) in [4.78, 5) is 17.6. The third-order valence-corrected chi connectivity index (χ3v) is 5.95. The van der Waals surface area contributed by atoms with E-state index in [1.165, 1.54) is 51.6 Å². The predicted molar refractivity (Wildman–Crippen MR) is 84.9 cm³/mol. The van der Waals surface area contributed by atoms with Gasteiger partial charge in [-0.1, -0.05) is 6.42 Å². The monoisotopic (exact) mass is 293 g/mol. The molecule has 2 saturated heterocycles. The van der Waals surface area contributed by atoms with Crippen LogP contribution in [0.4, 0.5) is 0 Å². The topological polar surface area (TPSA) is 49.6 Å². The van der Waals surface area contributed by atoms with E-state index in [2.05, 4.69) is 9.80 Å². The number of rotatable bonds is 3. The van der Waals surface area contributed by atoms with Gasteiger partial charge in [-0.3, -0.25) is 4.79 Å². The first-order valence-corrected chi connectivity index (χ1v) is 9.02. The average molecular weight is 293 g/mol. The molecule has 3 atom stereocenters. The minimum atomic E-state index is 0.221. The van der Waals surface area contributed by atoms with Gasteiger partial charge in [0.05, 0.1) is 0 Å². The largest absolute Gasteiger partial charge is 0.342 e. The highest BCUT2D eigenvalue weighted by atomic mass is 16.2. The minimum Gasteiger partial charge on any atom is -0.342 e. The predicted octanol–water partition coefficient (Wildman–Crippen LogP) is 1.84. The Labute approximate surface area is 129 Å². The molecule has 0 bridgehead atoms. The zero-order chi connectivity index (χ0) is 14.7. The van der Waals surface area contributed by atoms with Crippen molar-refractivity contribution in [2.45, 2.75) is 57.4 Å². The normalized spacial score (nSPS) is 35.1. The number of nitrogens with two attached hydrogens (primary N) is 1. The second kappa shape index (κ2) is 7.10. The van der Waals surface area contributed by atoms with Crippen LogP contribution < -0.4 is 5.73 Å². The molecule has 2 aliphatic heterocycles. The molecule has 3 aliphatic rings. The van der Waals surface area contributed by atoms with Crippen LogP contribution in [-0.2, 0) is 4.79 Å². The Morgan fingerprint density at radius 1 is 0.905 bits per heavy atom. The van der Waals surface area contributed by atoms with Gasteiger partial charge in [0.1, 0.15) is 0 Å². The number of likely N-dealkylation sites (tertiary alicyclic amines) is 2. The van der Waals surface area contributed by atoms with E-state index in [0.29, 0.717) is 18.4 Å².